The molecular formula is C23H33N5O. The number of guanidine groups is 1. The van der Waals surface area contributed by atoms with Gasteiger partial charge in [-0.05, 0) is 38.2 Å². The molecule has 1 saturated heterocycles. The number of hydrogen-bond donors (Lipinski definition) is 1. The van der Waals surface area contributed by atoms with Crippen LogP contribution in [0.4, 0.5) is 0 Å². The number of aromatic nitrogens is 2. The summed E-state index contributed by atoms with van der Waals surface area (Å²) < 4.78 is 7.87. The summed E-state index contributed by atoms with van der Waals surface area (Å²) in [5.41, 5.74) is 1.42. The predicted octanol–water partition coefficient (Wildman–Crippen LogP) is 3.47. The molecule has 6 heteroatoms. The molecule has 4 rings (SSSR count). The van der Waals surface area contributed by atoms with Gasteiger partial charge in [0.15, 0.2) is 5.96 Å². The third-order valence-electron chi connectivity index (χ3n) is 6.52. The van der Waals surface area contributed by atoms with Crippen molar-refractivity contribution >= 4 is 5.96 Å². The summed E-state index contributed by atoms with van der Waals surface area (Å²) in [4.78, 5) is 11.8. The number of imidazole rings is 1. The fourth-order valence-corrected chi connectivity index (χ4v) is 4.49. The van der Waals surface area contributed by atoms with Crippen LogP contribution in [0.1, 0.15) is 44.7 Å². The molecular weight excluding hydrogens is 362 g/mol. The van der Waals surface area contributed by atoms with E-state index in [9.17, 15) is 0 Å². The van der Waals surface area contributed by atoms with Gasteiger partial charge in [0.1, 0.15) is 5.75 Å². The van der Waals surface area contributed by atoms with Crippen LogP contribution in [0.2, 0.25) is 0 Å². The molecule has 29 heavy (non-hydrogen) atoms. The van der Waals surface area contributed by atoms with Crippen molar-refractivity contribution in [3.8, 4) is 5.75 Å². The monoisotopic (exact) mass is 395 g/mol. The number of rotatable bonds is 6. The molecule has 156 valence electrons. The van der Waals surface area contributed by atoms with E-state index in [0.29, 0.717) is 12.0 Å². The van der Waals surface area contributed by atoms with Crippen LogP contribution in [0.3, 0.4) is 0 Å². The number of hydrogen-bond acceptors (Lipinski definition) is 3. The van der Waals surface area contributed by atoms with E-state index in [1.807, 2.05) is 18.6 Å². The largest absolute Gasteiger partial charge is 0.496 e. The molecule has 1 saturated carbocycles. The van der Waals surface area contributed by atoms with Crippen molar-refractivity contribution < 1.29 is 4.74 Å². The fourth-order valence-electron chi connectivity index (χ4n) is 4.49. The lowest BCUT2D eigenvalue weighted by Gasteiger charge is -2.39. The summed E-state index contributed by atoms with van der Waals surface area (Å²) in [5.74, 6) is 2.65. The zero-order chi connectivity index (χ0) is 20.3. The quantitative estimate of drug-likeness (QED) is 0.601. The highest BCUT2D eigenvalue weighted by Gasteiger charge is 2.46. The Hall–Kier alpha value is -2.50. The maximum absolute atomic E-state index is 5.63. The number of piperidine rings is 1. The molecule has 2 heterocycles. The van der Waals surface area contributed by atoms with Crippen molar-refractivity contribution in [3.05, 3.63) is 48.5 Å². The predicted molar refractivity (Wildman–Crippen MR) is 117 cm³/mol. The minimum atomic E-state index is 0.125. The van der Waals surface area contributed by atoms with Gasteiger partial charge >= 0.3 is 0 Å². The molecule has 0 spiro atoms. The lowest BCUT2D eigenvalue weighted by atomic mass is 9.93. The molecule has 0 bridgehead atoms. The number of ether oxygens (including phenoxy) is 1. The van der Waals surface area contributed by atoms with Crippen molar-refractivity contribution in [2.75, 3.05) is 33.3 Å². The second-order valence-electron chi connectivity index (χ2n) is 8.44. The zero-order valence-corrected chi connectivity index (χ0v) is 17.8. The van der Waals surface area contributed by atoms with Crippen LogP contribution >= 0.6 is 0 Å². The van der Waals surface area contributed by atoms with Crippen molar-refractivity contribution in [3.63, 3.8) is 0 Å². The van der Waals surface area contributed by atoms with E-state index in [2.05, 4.69) is 58.0 Å². The fraction of sp³-hybridized carbons (Fsp3) is 0.565. The molecule has 2 fully saturated rings. The molecule has 1 N–H and O–H groups in total. The van der Waals surface area contributed by atoms with Gasteiger partial charge in [0.05, 0.1) is 26.0 Å². The van der Waals surface area contributed by atoms with Gasteiger partial charge in [0, 0.05) is 43.0 Å². The van der Waals surface area contributed by atoms with E-state index in [4.69, 9.17) is 9.73 Å². The third-order valence-corrected chi connectivity index (χ3v) is 6.52. The third kappa shape index (κ3) is 4.11. The molecule has 2 unspecified atom stereocenters. The van der Waals surface area contributed by atoms with E-state index in [1.165, 1.54) is 18.4 Å². The number of nitrogens with zero attached hydrogens (tertiary/aromatic N) is 4. The first-order valence-corrected chi connectivity index (χ1v) is 10.8. The maximum atomic E-state index is 5.63. The number of para-hydroxylation sites is 1. The van der Waals surface area contributed by atoms with Crippen LogP contribution in [0.15, 0.2) is 48.0 Å². The van der Waals surface area contributed by atoms with Crippen molar-refractivity contribution in [1.82, 2.24) is 19.8 Å². The molecule has 1 aliphatic carbocycles. The van der Waals surface area contributed by atoms with Crippen LogP contribution in [0, 0.1) is 5.92 Å². The van der Waals surface area contributed by atoms with E-state index in [-0.39, 0.29) is 5.41 Å². The van der Waals surface area contributed by atoms with Crippen LogP contribution in [-0.4, -0.2) is 53.7 Å². The normalized spacial score (nSPS) is 23.7. The first kappa shape index (κ1) is 19.8. The van der Waals surface area contributed by atoms with E-state index in [1.54, 1.807) is 7.11 Å². The summed E-state index contributed by atoms with van der Waals surface area (Å²) in [6, 6.07) is 8.84. The minimum absolute atomic E-state index is 0.125. The second-order valence-corrected chi connectivity index (χ2v) is 8.44. The standard InChI is InChI=1S/C23H33N5O/c1-4-25-22(27-13-9-18(2)20(15-27)28-14-12-24-17-28)26-16-23(10-11-23)19-7-5-6-8-21(19)29-3/h5-8,12,14,17-18,20H,4,9-11,13,15-16H2,1-3H3,(H,25,26). The average molecular weight is 396 g/mol. The first-order chi connectivity index (χ1) is 14.2. The zero-order valence-electron chi connectivity index (χ0n) is 17.8. The summed E-state index contributed by atoms with van der Waals surface area (Å²) in [6.07, 6.45) is 9.39. The smallest absolute Gasteiger partial charge is 0.194 e. The average Bonchev–Trinajstić information content (AvgIpc) is 3.34. The van der Waals surface area contributed by atoms with Gasteiger partial charge in [-0.2, -0.15) is 0 Å². The van der Waals surface area contributed by atoms with Gasteiger partial charge in [0.25, 0.3) is 0 Å². The van der Waals surface area contributed by atoms with Crippen LogP contribution in [0.5, 0.6) is 5.75 Å². The molecule has 6 nitrogen and oxygen atoms in total. The van der Waals surface area contributed by atoms with Gasteiger partial charge in [-0.3, -0.25) is 4.99 Å². The second kappa shape index (κ2) is 8.47. The number of likely N-dealkylation sites (tertiary alicyclic amines) is 1. The van der Waals surface area contributed by atoms with E-state index in [0.717, 1.165) is 44.3 Å². The summed E-state index contributed by atoms with van der Waals surface area (Å²) in [6.45, 7) is 8.17. The molecule has 0 amide bonds. The topological polar surface area (TPSA) is 54.7 Å². The molecule has 1 aromatic heterocycles. The Kier molecular flexibility index (Phi) is 5.79. The Bertz CT molecular complexity index is 828. The van der Waals surface area contributed by atoms with Gasteiger partial charge in [-0.15, -0.1) is 0 Å². The molecule has 1 aromatic carbocycles. The molecule has 2 atom stereocenters. The highest BCUT2D eigenvalue weighted by molar-refractivity contribution is 5.80. The van der Waals surface area contributed by atoms with Crippen LogP contribution in [0.25, 0.3) is 0 Å². The van der Waals surface area contributed by atoms with Crippen LogP contribution in [-0.2, 0) is 5.41 Å². The van der Waals surface area contributed by atoms with E-state index < -0.39 is 0 Å². The lowest BCUT2D eigenvalue weighted by Crippen LogP contribution is -2.49. The molecule has 1 aliphatic heterocycles. The molecule has 0 radical (unpaired) electrons. The lowest BCUT2D eigenvalue weighted by molar-refractivity contribution is 0.189. The van der Waals surface area contributed by atoms with Gasteiger partial charge in [0.2, 0.25) is 0 Å². The Balaban J connectivity index is 1.52. The Morgan fingerprint density at radius 3 is 2.86 bits per heavy atom. The molecule has 2 aromatic rings. The Morgan fingerprint density at radius 1 is 1.34 bits per heavy atom. The summed E-state index contributed by atoms with van der Waals surface area (Å²) >= 11 is 0. The number of methoxy groups -OCH3 is 1. The van der Waals surface area contributed by atoms with Gasteiger partial charge in [-0.1, -0.05) is 25.1 Å². The first-order valence-electron chi connectivity index (χ1n) is 10.8. The van der Waals surface area contributed by atoms with Crippen molar-refractivity contribution in [2.45, 2.75) is 44.6 Å². The minimum Gasteiger partial charge on any atom is -0.496 e. The summed E-state index contributed by atoms with van der Waals surface area (Å²) in [7, 11) is 1.76. The van der Waals surface area contributed by atoms with Gasteiger partial charge in [-0.25, -0.2) is 4.98 Å². The number of nitrogens with one attached hydrogen (secondary N) is 1. The molecule has 2 aliphatic rings. The SMILES string of the molecule is CCNC(=NCC1(c2ccccc2OC)CC1)N1CCC(C)C(n2ccnc2)C1. The van der Waals surface area contributed by atoms with Crippen LogP contribution < -0.4 is 10.1 Å². The number of benzene rings is 1. The Labute approximate surface area is 174 Å². The number of aliphatic imine (C=N–C) groups is 1. The highest BCUT2D eigenvalue weighted by atomic mass is 16.5. The summed E-state index contributed by atoms with van der Waals surface area (Å²) in [5, 5.41) is 3.53. The maximum Gasteiger partial charge on any atom is 0.194 e. The van der Waals surface area contributed by atoms with E-state index >= 15 is 0 Å². The van der Waals surface area contributed by atoms with Gasteiger partial charge < -0.3 is 19.5 Å². The van der Waals surface area contributed by atoms with Crippen molar-refractivity contribution in [2.24, 2.45) is 10.9 Å². The Morgan fingerprint density at radius 2 is 2.17 bits per heavy atom. The highest BCUT2D eigenvalue weighted by Crippen LogP contribution is 2.51. The van der Waals surface area contributed by atoms with Crippen molar-refractivity contribution in [1.29, 1.82) is 0 Å².